The first-order valence-corrected chi connectivity index (χ1v) is 9.78. The third kappa shape index (κ3) is 2.76. The minimum atomic E-state index is -1.83. The highest BCUT2D eigenvalue weighted by atomic mass is 16.6. The van der Waals surface area contributed by atoms with E-state index < -0.39 is 58.9 Å². The van der Waals surface area contributed by atoms with Gasteiger partial charge in [-0.05, 0) is 38.0 Å². The van der Waals surface area contributed by atoms with Crippen LogP contribution in [0, 0.1) is 12.8 Å². The second-order valence-corrected chi connectivity index (χ2v) is 8.21. The summed E-state index contributed by atoms with van der Waals surface area (Å²) in [6.45, 7) is 1.65. The molecule has 0 radical (unpaired) electrons. The predicted molar refractivity (Wildman–Crippen MR) is 111 cm³/mol. The Morgan fingerprint density at radius 2 is 1.81 bits per heavy atom. The number of hydrogen-bond donors (Lipinski definition) is 5. The molecule has 4 atom stereocenters. The van der Waals surface area contributed by atoms with Gasteiger partial charge < -0.3 is 30.9 Å². The van der Waals surface area contributed by atoms with Gasteiger partial charge in [0.05, 0.1) is 17.3 Å². The molecular formula is C22H22N2O8. The van der Waals surface area contributed by atoms with Gasteiger partial charge in [0.2, 0.25) is 5.78 Å². The van der Waals surface area contributed by atoms with Gasteiger partial charge >= 0.3 is 5.97 Å². The van der Waals surface area contributed by atoms with Crippen LogP contribution in [0.3, 0.4) is 0 Å². The van der Waals surface area contributed by atoms with Crippen molar-refractivity contribution >= 4 is 28.4 Å². The number of nitrogens with two attached hydrogens (primary N) is 1. The summed E-state index contributed by atoms with van der Waals surface area (Å²) < 4.78 is 5.52. The molecule has 10 heteroatoms. The standard InChI is InChI=1S/C22H22N2O8/c1-7-8-5-4-6-9(25)11(8)16(26)12-10(7)20(32-22(12)31)13-15(24(2)3)17(27)14(21(23)30)19(29)18(13)28/h4-6,13,15,18,20,25-28H,1-3H3,(H2,23,30)/t13-,15-,18+,20+/m0/s1. The van der Waals surface area contributed by atoms with Crippen molar-refractivity contribution in [1.29, 1.82) is 0 Å². The Morgan fingerprint density at radius 3 is 2.41 bits per heavy atom. The summed E-state index contributed by atoms with van der Waals surface area (Å²) in [6, 6.07) is 3.47. The maximum Gasteiger partial charge on any atom is 0.343 e. The molecule has 0 bridgehead atoms. The van der Waals surface area contributed by atoms with Crippen LogP contribution >= 0.6 is 0 Å². The fraction of sp³-hybridized carbons (Fsp3) is 0.318. The average Bonchev–Trinajstić information content (AvgIpc) is 3.05. The molecule has 1 aliphatic heterocycles. The molecule has 2 aromatic carbocycles. The highest BCUT2D eigenvalue weighted by Gasteiger charge is 2.54. The first kappa shape index (κ1) is 21.6. The number of ether oxygens (including phenoxy) is 1. The number of esters is 1. The number of carbonyl (C=O) groups is 3. The highest BCUT2D eigenvalue weighted by molar-refractivity contribution is 6.21. The highest BCUT2D eigenvalue weighted by Crippen LogP contribution is 2.51. The summed E-state index contributed by atoms with van der Waals surface area (Å²) in [5.41, 5.74) is 5.05. The molecule has 0 unspecified atom stereocenters. The number of fused-ring (bicyclic) bond motifs is 2. The number of cyclic esters (lactones) is 1. The summed E-state index contributed by atoms with van der Waals surface area (Å²) in [4.78, 5) is 38.7. The molecule has 10 nitrogen and oxygen atoms in total. The van der Waals surface area contributed by atoms with Crippen LogP contribution in [0.2, 0.25) is 0 Å². The fourth-order valence-corrected chi connectivity index (χ4v) is 4.87. The number of aromatic hydroxyl groups is 2. The van der Waals surface area contributed by atoms with Crippen molar-refractivity contribution in [3.8, 4) is 11.5 Å². The summed E-state index contributed by atoms with van der Waals surface area (Å²) >= 11 is 0. The second kappa shape index (κ2) is 7.21. The van der Waals surface area contributed by atoms with Crippen LogP contribution in [0.4, 0.5) is 0 Å². The molecule has 1 aliphatic carbocycles. The summed E-state index contributed by atoms with van der Waals surface area (Å²) in [7, 11) is 3.10. The number of rotatable bonds is 3. The van der Waals surface area contributed by atoms with Crippen molar-refractivity contribution in [2.75, 3.05) is 14.1 Å². The van der Waals surface area contributed by atoms with Crippen LogP contribution in [-0.2, 0) is 14.3 Å². The van der Waals surface area contributed by atoms with Crippen LogP contribution in [0.5, 0.6) is 11.5 Å². The molecule has 4 rings (SSSR count). The molecule has 0 saturated carbocycles. The Morgan fingerprint density at radius 1 is 1.16 bits per heavy atom. The van der Waals surface area contributed by atoms with E-state index in [1.54, 1.807) is 33.2 Å². The molecule has 1 heterocycles. The number of phenols is 2. The number of benzene rings is 2. The van der Waals surface area contributed by atoms with E-state index in [9.17, 15) is 34.8 Å². The zero-order chi connectivity index (χ0) is 23.6. The Kier molecular flexibility index (Phi) is 4.87. The molecule has 0 fully saturated rings. The van der Waals surface area contributed by atoms with Gasteiger partial charge in [-0.15, -0.1) is 0 Å². The molecular weight excluding hydrogens is 420 g/mol. The SMILES string of the molecule is Cc1c2c(c(O)c3c(O)cccc13)C(=O)O[C@H]2[C@H]1[C@H](N(C)C)C(O)=C(C(N)=O)C(=O)[C@@H]1O. The van der Waals surface area contributed by atoms with E-state index in [0.717, 1.165) is 0 Å². The quantitative estimate of drug-likeness (QED) is 0.336. The Balaban J connectivity index is 1.99. The van der Waals surface area contributed by atoms with Crippen LogP contribution in [-0.4, -0.2) is 69.2 Å². The lowest BCUT2D eigenvalue weighted by molar-refractivity contribution is -0.136. The first-order valence-electron chi connectivity index (χ1n) is 9.78. The van der Waals surface area contributed by atoms with E-state index in [2.05, 4.69) is 0 Å². The number of nitrogens with zero attached hydrogens (tertiary/aromatic N) is 1. The van der Waals surface area contributed by atoms with Crippen LogP contribution in [0.25, 0.3) is 10.8 Å². The molecule has 0 saturated heterocycles. The zero-order valence-corrected chi connectivity index (χ0v) is 17.5. The van der Waals surface area contributed by atoms with Crippen molar-refractivity contribution in [2.24, 2.45) is 11.7 Å². The second-order valence-electron chi connectivity index (χ2n) is 8.21. The molecule has 168 valence electrons. The van der Waals surface area contributed by atoms with Gasteiger partial charge in [0, 0.05) is 5.56 Å². The lowest BCUT2D eigenvalue weighted by Crippen LogP contribution is -2.54. The van der Waals surface area contributed by atoms with Crippen LogP contribution < -0.4 is 5.73 Å². The third-order valence-corrected chi connectivity index (χ3v) is 6.25. The Labute approximate surface area is 182 Å². The zero-order valence-electron chi connectivity index (χ0n) is 17.5. The van der Waals surface area contributed by atoms with Gasteiger partial charge in [0.15, 0.2) is 0 Å². The summed E-state index contributed by atoms with van der Waals surface area (Å²) in [5, 5.41) is 43.1. The molecule has 2 aliphatic rings. The van der Waals surface area contributed by atoms with Gasteiger partial charge in [-0.25, -0.2) is 4.79 Å². The number of aliphatic hydroxyl groups is 2. The number of hydrogen-bond acceptors (Lipinski definition) is 9. The number of amides is 1. The Bertz CT molecular complexity index is 1230. The number of ketones is 1. The summed E-state index contributed by atoms with van der Waals surface area (Å²) in [5.74, 6) is -5.73. The van der Waals surface area contributed by atoms with E-state index in [0.29, 0.717) is 10.9 Å². The maximum absolute atomic E-state index is 12.8. The topological polar surface area (TPSA) is 171 Å². The van der Waals surface area contributed by atoms with E-state index in [4.69, 9.17) is 10.5 Å². The van der Waals surface area contributed by atoms with Gasteiger partial charge in [-0.1, -0.05) is 12.1 Å². The molecule has 1 amide bonds. The number of aliphatic hydroxyl groups excluding tert-OH is 2. The number of phenolic OH excluding ortho intramolecular Hbond substituents is 2. The van der Waals surface area contributed by atoms with Gasteiger partial charge in [-0.3, -0.25) is 14.5 Å². The third-order valence-electron chi connectivity index (χ3n) is 6.25. The molecule has 0 aromatic heterocycles. The summed E-state index contributed by atoms with van der Waals surface area (Å²) in [6.07, 6.45) is -3.07. The van der Waals surface area contributed by atoms with Crippen LogP contribution in [0.1, 0.15) is 27.6 Å². The average molecular weight is 442 g/mol. The van der Waals surface area contributed by atoms with Crippen LogP contribution in [0.15, 0.2) is 29.5 Å². The predicted octanol–water partition coefficient (Wildman–Crippen LogP) is 0.558. The fourth-order valence-electron chi connectivity index (χ4n) is 4.87. The molecule has 2 aromatic rings. The lowest BCUT2D eigenvalue weighted by atomic mass is 9.74. The van der Waals surface area contributed by atoms with Gasteiger partial charge in [0.25, 0.3) is 5.91 Å². The minimum Gasteiger partial charge on any atom is -0.510 e. The van der Waals surface area contributed by atoms with E-state index in [-0.39, 0.29) is 22.3 Å². The molecule has 6 N–H and O–H groups in total. The number of aryl methyl sites for hydroxylation is 1. The Hall–Kier alpha value is -3.63. The lowest BCUT2D eigenvalue weighted by Gasteiger charge is -2.40. The van der Waals surface area contributed by atoms with Crippen molar-refractivity contribution in [1.82, 2.24) is 4.90 Å². The molecule has 0 spiro atoms. The van der Waals surface area contributed by atoms with E-state index in [1.165, 1.54) is 11.0 Å². The number of carbonyl (C=O) groups excluding carboxylic acids is 3. The van der Waals surface area contributed by atoms with Crippen molar-refractivity contribution in [3.63, 3.8) is 0 Å². The number of primary amides is 1. The number of likely N-dealkylation sites (N-methyl/N-ethyl adjacent to an activating group) is 1. The van der Waals surface area contributed by atoms with E-state index in [1.807, 2.05) is 0 Å². The van der Waals surface area contributed by atoms with E-state index >= 15 is 0 Å². The number of Topliss-reactive ketones (excluding diaryl/α,β-unsaturated/α-hetero) is 1. The maximum atomic E-state index is 12.8. The largest absolute Gasteiger partial charge is 0.510 e. The monoisotopic (exact) mass is 442 g/mol. The molecule has 32 heavy (non-hydrogen) atoms. The van der Waals surface area contributed by atoms with Crippen molar-refractivity contribution < 1.29 is 39.5 Å². The minimum absolute atomic E-state index is 0.0736. The van der Waals surface area contributed by atoms with Gasteiger partial charge in [-0.2, -0.15) is 0 Å². The van der Waals surface area contributed by atoms with Gasteiger partial charge in [0.1, 0.15) is 40.6 Å². The first-order chi connectivity index (χ1) is 15.0. The van der Waals surface area contributed by atoms with Crippen molar-refractivity contribution in [2.45, 2.75) is 25.2 Å². The normalized spacial score (nSPS) is 25.4. The van der Waals surface area contributed by atoms with Crippen molar-refractivity contribution in [3.05, 3.63) is 46.2 Å². The smallest absolute Gasteiger partial charge is 0.343 e.